The van der Waals surface area contributed by atoms with E-state index in [0.29, 0.717) is 17.5 Å². The maximum Gasteiger partial charge on any atom is 0.164 e. The van der Waals surface area contributed by atoms with Crippen LogP contribution in [0.3, 0.4) is 0 Å². The van der Waals surface area contributed by atoms with Gasteiger partial charge in [0, 0.05) is 59.8 Å². The number of furan rings is 4. The lowest BCUT2D eigenvalue weighted by molar-refractivity contribution is 0.668. The summed E-state index contributed by atoms with van der Waals surface area (Å²) in [4.78, 5) is 15.7. The summed E-state index contributed by atoms with van der Waals surface area (Å²) in [7, 11) is 0. The second-order valence-electron chi connectivity index (χ2n) is 16.3. The maximum absolute atomic E-state index is 6.63. The molecule has 0 spiro atoms. The molecule has 0 N–H and O–H groups in total. The largest absolute Gasteiger partial charge is 0.456 e. The minimum atomic E-state index is 0.545. The van der Waals surface area contributed by atoms with Crippen LogP contribution in [0, 0.1) is 0 Å². The molecule has 5 heterocycles. The predicted octanol–water partition coefficient (Wildman–Crippen LogP) is 15.8. The molecule has 0 aliphatic carbocycles. The van der Waals surface area contributed by atoms with Crippen molar-refractivity contribution in [2.45, 2.75) is 0 Å². The van der Waals surface area contributed by atoms with E-state index in [2.05, 4.69) is 84.9 Å². The molecule has 0 saturated heterocycles. The maximum atomic E-state index is 6.63. The Morgan fingerprint density at radius 3 is 1.27 bits per heavy atom. The van der Waals surface area contributed by atoms with Crippen LogP contribution in [0.5, 0.6) is 0 Å². The van der Waals surface area contributed by atoms with Crippen molar-refractivity contribution in [3.05, 3.63) is 188 Å². The fourth-order valence-electron chi connectivity index (χ4n) is 9.53. The summed E-state index contributed by atoms with van der Waals surface area (Å²) >= 11 is 0. The molecular formula is C57H31N3O4. The normalized spacial score (nSPS) is 12.1. The minimum absolute atomic E-state index is 0.545. The summed E-state index contributed by atoms with van der Waals surface area (Å²) in [5.74, 6) is 1.66. The predicted molar refractivity (Wildman–Crippen MR) is 256 cm³/mol. The van der Waals surface area contributed by atoms with Gasteiger partial charge in [-0.25, -0.2) is 15.0 Å². The second-order valence-corrected chi connectivity index (χ2v) is 16.3. The Morgan fingerprint density at radius 2 is 0.656 bits per heavy atom. The van der Waals surface area contributed by atoms with Crippen molar-refractivity contribution in [2.75, 3.05) is 0 Å². The molecule has 0 bridgehead atoms. The highest BCUT2D eigenvalue weighted by molar-refractivity contribution is 6.15. The third-order valence-electron chi connectivity index (χ3n) is 12.6. The molecule has 0 atom stereocenters. The van der Waals surface area contributed by atoms with Crippen LogP contribution in [0.25, 0.3) is 144 Å². The first-order valence-electron chi connectivity index (χ1n) is 21.2. The monoisotopic (exact) mass is 821 g/mol. The van der Waals surface area contributed by atoms with E-state index in [9.17, 15) is 0 Å². The van der Waals surface area contributed by atoms with Gasteiger partial charge in [0.1, 0.15) is 44.7 Å². The first kappa shape index (κ1) is 34.9. The lowest BCUT2D eigenvalue weighted by atomic mass is 9.99. The van der Waals surface area contributed by atoms with Crippen molar-refractivity contribution in [3.63, 3.8) is 0 Å². The van der Waals surface area contributed by atoms with Gasteiger partial charge in [0.25, 0.3) is 0 Å². The van der Waals surface area contributed by atoms with Gasteiger partial charge in [-0.05, 0) is 95.1 Å². The SMILES string of the molecule is c1ccc(-c2nc(-c3cccc4oc5cc(-c6ccc7oc8ccccc8c7c6)ccc5c34)nc(-c3cccc4oc5ccc(-c6ccc7oc8ccccc8c7c6)cc5c34)n2)cc1. The number of hydrogen-bond donors (Lipinski definition) is 0. The van der Waals surface area contributed by atoms with E-state index in [-0.39, 0.29) is 0 Å². The molecule has 7 nitrogen and oxygen atoms in total. The van der Waals surface area contributed by atoms with E-state index >= 15 is 0 Å². The average Bonchev–Trinajstić information content (AvgIpc) is 4.13. The first-order valence-corrected chi connectivity index (χ1v) is 21.2. The summed E-state index contributed by atoms with van der Waals surface area (Å²) in [5, 5.41) is 8.19. The molecule has 0 amide bonds. The van der Waals surface area contributed by atoms with Gasteiger partial charge in [-0.3, -0.25) is 0 Å². The smallest absolute Gasteiger partial charge is 0.164 e. The van der Waals surface area contributed by atoms with E-state index < -0.39 is 0 Å². The van der Waals surface area contributed by atoms with E-state index in [1.807, 2.05) is 103 Å². The zero-order valence-corrected chi connectivity index (χ0v) is 33.9. The average molecular weight is 822 g/mol. The molecule has 0 fully saturated rings. The zero-order valence-electron chi connectivity index (χ0n) is 33.9. The standard InChI is InChI=1S/C57H31N3O4/c1-2-10-32(11-3-1)55-58-56(40-14-8-18-50-53(40)39-24-20-36(31-52(39)64-50)34-22-26-48-43(29-34)38-13-5-7-17-46(38)62-48)60-57(59-55)41-15-9-19-51-54(41)44-30-35(23-27-49(44)63-51)33-21-25-47-42(28-33)37-12-4-6-16-45(37)61-47/h1-31H. The van der Waals surface area contributed by atoms with Gasteiger partial charge in [0.15, 0.2) is 17.5 Å². The van der Waals surface area contributed by atoms with Gasteiger partial charge in [-0.2, -0.15) is 0 Å². The Balaban J connectivity index is 0.930. The number of hydrogen-bond acceptors (Lipinski definition) is 7. The summed E-state index contributed by atoms with van der Waals surface area (Å²) in [6.45, 7) is 0. The zero-order chi connectivity index (χ0) is 41.9. The molecule has 0 radical (unpaired) electrons. The summed E-state index contributed by atoms with van der Waals surface area (Å²) in [5.41, 5.74) is 13.4. The number of aromatic nitrogens is 3. The molecule has 0 unspecified atom stereocenters. The molecule has 14 aromatic rings. The second kappa shape index (κ2) is 13.3. The highest BCUT2D eigenvalue weighted by atomic mass is 16.3. The molecule has 0 aliphatic rings. The molecule has 0 aliphatic heterocycles. The Hall–Kier alpha value is -8.81. The van der Waals surface area contributed by atoms with Crippen molar-refractivity contribution in [1.82, 2.24) is 15.0 Å². The van der Waals surface area contributed by atoms with Crippen molar-refractivity contribution < 1.29 is 17.7 Å². The molecule has 5 aromatic heterocycles. The van der Waals surface area contributed by atoms with Crippen molar-refractivity contribution in [1.29, 1.82) is 0 Å². The van der Waals surface area contributed by atoms with Gasteiger partial charge in [0.2, 0.25) is 0 Å². The van der Waals surface area contributed by atoms with Gasteiger partial charge >= 0.3 is 0 Å². The van der Waals surface area contributed by atoms with Crippen molar-refractivity contribution >= 4 is 87.8 Å². The summed E-state index contributed by atoms with van der Waals surface area (Å²) in [6, 6.07) is 64.0. The molecule has 14 rings (SSSR count). The number of para-hydroxylation sites is 2. The summed E-state index contributed by atoms with van der Waals surface area (Å²) in [6.07, 6.45) is 0. The molecule has 298 valence electrons. The van der Waals surface area contributed by atoms with Crippen LogP contribution in [0.15, 0.2) is 206 Å². The molecule has 7 heteroatoms. The third kappa shape index (κ3) is 5.31. The Kier molecular flexibility index (Phi) is 7.27. The van der Waals surface area contributed by atoms with Crippen LogP contribution in [0.1, 0.15) is 0 Å². The van der Waals surface area contributed by atoms with Gasteiger partial charge < -0.3 is 17.7 Å². The Labute approximate surface area is 363 Å². The quantitative estimate of drug-likeness (QED) is 0.171. The molecule has 0 saturated carbocycles. The Bertz CT molecular complexity index is 4210. The van der Waals surface area contributed by atoms with Crippen LogP contribution in [0.2, 0.25) is 0 Å². The van der Waals surface area contributed by atoms with Gasteiger partial charge in [0.05, 0.1) is 0 Å². The number of benzene rings is 9. The van der Waals surface area contributed by atoms with E-state index in [1.165, 1.54) is 0 Å². The van der Waals surface area contributed by atoms with E-state index in [4.69, 9.17) is 32.6 Å². The van der Waals surface area contributed by atoms with Crippen molar-refractivity contribution in [3.8, 4) is 56.4 Å². The molecule has 9 aromatic carbocycles. The number of fused-ring (bicyclic) bond motifs is 12. The van der Waals surface area contributed by atoms with E-state index in [0.717, 1.165) is 127 Å². The highest BCUT2D eigenvalue weighted by Crippen LogP contribution is 2.42. The topological polar surface area (TPSA) is 91.2 Å². The third-order valence-corrected chi connectivity index (χ3v) is 12.6. The fourth-order valence-corrected chi connectivity index (χ4v) is 9.53. The Morgan fingerprint density at radius 1 is 0.234 bits per heavy atom. The summed E-state index contributed by atoms with van der Waals surface area (Å²) < 4.78 is 25.4. The molecular weight excluding hydrogens is 791 g/mol. The van der Waals surface area contributed by atoms with Gasteiger partial charge in [-0.1, -0.05) is 115 Å². The van der Waals surface area contributed by atoms with Crippen LogP contribution < -0.4 is 0 Å². The lowest BCUT2D eigenvalue weighted by Crippen LogP contribution is -2.00. The number of nitrogens with zero attached hydrogens (tertiary/aromatic N) is 3. The highest BCUT2D eigenvalue weighted by Gasteiger charge is 2.21. The van der Waals surface area contributed by atoms with Crippen LogP contribution in [0.4, 0.5) is 0 Å². The minimum Gasteiger partial charge on any atom is -0.456 e. The first-order chi connectivity index (χ1) is 31.7. The fraction of sp³-hybridized carbons (Fsp3) is 0. The molecule has 64 heavy (non-hydrogen) atoms. The van der Waals surface area contributed by atoms with Gasteiger partial charge in [-0.15, -0.1) is 0 Å². The van der Waals surface area contributed by atoms with Crippen LogP contribution in [-0.4, -0.2) is 15.0 Å². The van der Waals surface area contributed by atoms with Crippen molar-refractivity contribution in [2.24, 2.45) is 0 Å². The lowest BCUT2D eigenvalue weighted by Gasteiger charge is -2.10. The van der Waals surface area contributed by atoms with E-state index in [1.54, 1.807) is 0 Å². The van der Waals surface area contributed by atoms with Crippen LogP contribution in [-0.2, 0) is 0 Å². The van der Waals surface area contributed by atoms with Crippen LogP contribution >= 0.6 is 0 Å². The number of rotatable bonds is 5.